The number of hydrogen-bond acceptors (Lipinski definition) is 2. The van der Waals surface area contributed by atoms with Crippen LogP contribution >= 0.6 is 0 Å². The van der Waals surface area contributed by atoms with Gasteiger partial charge in [-0.05, 0) is 18.2 Å². The summed E-state index contributed by atoms with van der Waals surface area (Å²) in [6, 6.07) is 5.02. The maximum Gasteiger partial charge on any atom is 0.418 e. The Morgan fingerprint density at radius 1 is 1.37 bits per heavy atom. The van der Waals surface area contributed by atoms with E-state index in [9.17, 15) is 18.0 Å². The Morgan fingerprint density at radius 3 is 2.58 bits per heavy atom. The minimum atomic E-state index is -4.67. The van der Waals surface area contributed by atoms with E-state index in [2.05, 4.69) is 0 Å². The molecule has 4 nitrogen and oxygen atoms in total. The predicted molar refractivity (Wildman–Crippen MR) is 59.3 cm³/mol. The molecule has 1 N–H and O–H groups in total. The first-order valence-electron chi connectivity index (χ1n) is 5.15. The molecule has 0 bridgehead atoms. The molecular weight excluding hydrogens is 261 g/mol. The van der Waals surface area contributed by atoms with Gasteiger partial charge in [-0.2, -0.15) is 18.4 Å². The summed E-state index contributed by atoms with van der Waals surface area (Å²) in [5.74, 6) is -1.16. The number of carbonyl (C=O) groups is 1. The number of carboxylic acids is 1. The molecule has 2 rings (SSSR count). The zero-order valence-electron chi connectivity index (χ0n) is 9.40. The number of nitrogens with zero attached hydrogens (tertiary/aromatic N) is 2. The van der Waals surface area contributed by atoms with Gasteiger partial charge in [-0.3, -0.25) is 4.79 Å². The molecule has 2 aromatic rings. The molecule has 1 aromatic carbocycles. The third-order valence-corrected chi connectivity index (χ3v) is 2.66. The van der Waals surface area contributed by atoms with Gasteiger partial charge in [0.25, 0.3) is 0 Å². The van der Waals surface area contributed by atoms with Crippen LogP contribution in [0.2, 0.25) is 0 Å². The van der Waals surface area contributed by atoms with Crippen molar-refractivity contribution in [3.63, 3.8) is 0 Å². The SMILES string of the molecule is N#Cc1ccc2c(ccn2CC(=O)O)c1C(F)(F)F. The van der Waals surface area contributed by atoms with Crippen molar-refractivity contribution in [1.29, 1.82) is 5.26 Å². The lowest BCUT2D eigenvalue weighted by atomic mass is 10.0. The number of carboxylic acid groups (broad SMARTS) is 1. The van der Waals surface area contributed by atoms with E-state index in [0.29, 0.717) is 0 Å². The lowest BCUT2D eigenvalue weighted by Gasteiger charge is -2.11. The number of halogens is 3. The van der Waals surface area contributed by atoms with E-state index in [1.807, 2.05) is 0 Å². The van der Waals surface area contributed by atoms with E-state index in [4.69, 9.17) is 10.4 Å². The van der Waals surface area contributed by atoms with E-state index in [1.54, 1.807) is 0 Å². The molecule has 0 unspecified atom stereocenters. The molecule has 19 heavy (non-hydrogen) atoms. The molecule has 98 valence electrons. The standard InChI is InChI=1S/C12H7F3N2O2/c13-12(14,15)11-7(5-16)1-2-9-8(11)3-4-17(9)6-10(18)19/h1-4H,6H2,(H,18,19). The zero-order chi connectivity index (χ0) is 14.2. The van der Waals surface area contributed by atoms with E-state index in [0.717, 1.165) is 6.07 Å². The van der Waals surface area contributed by atoms with Crippen LogP contribution < -0.4 is 0 Å². The Labute approximate surface area is 105 Å². The number of nitriles is 1. The van der Waals surface area contributed by atoms with Gasteiger partial charge in [0.05, 0.1) is 17.2 Å². The fourth-order valence-electron chi connectivity index (χ4n) is 1.95. The normalized spacial score (nSPS) is 11.5. The van der Waals surface area contributed by atoms with Crippen molar-refractivity contribution < 1.29 is 23.1 Å². The van der Waals surface area contributed by atoms with Crippen LogP contribution in [-0.2, 0) is 17.5 Å². The molecule has 0 atom stereocenters. The lowest BCUT2D eigenvalue weighted by Crippen LogP contribution is -2.10. The van der Waals surface area contributed by atoms with Gasteiger partial charge in [0.1, 0.15) is 6.54 Å². The van der Waals surface area contributed by atoms with Crippen LogP contribution in [0.25, 0.3) is 10.9 Å². The molecule has 0 aliphatic rings. The Hall–Kier alpha value is -2.49. The monoisotopic (exact) mass is 268 g/mol. The summed E-state index contributed by atoms with van der Waals surface area (Å²) in [5, 5.41) is 17.2. The molecule has 0 aliphatic carbocycles. The van der Waals surface area contributed by atoms with Crippen molar-refractivity contribution in [3.8, 4) is 6.07 Å². The summed E-state index contributed by atoms with van der Waals surface area (Å²) in [4.78, 5) is 10.6. The van der Waals surface area contributed by atoms with Crippen LogP contribution in [0.4, 0.5) is 13.2 Å². The third-order valence-electron chi connectivity index (χ3n) is 2.66. The fraction of sp³-hybridized carbons (Fsp3) is 0.167. The molecule has 1 aromatic heterocycles. The number of alkyl halides is 3. The second-order valence-electron chi connectivity index (χ2n) is 3.87. The van der Waals surface area contributed by atoms with Crippen LogP contribution in [0.15, 0.2) is 24.4 Å². The number of aromatic nitrogens is 1. The van der Waals surface area contributed by atoms with Gasteiger partial charge in [0, 0.05) is 17.1 Å². The van der Waals surface area contributed by atoms with Gasteiger partial charge in [0.15, 0.2) is 0 Å². The molecule has 0 spiro atoms. The molecule has 0 saturated carbocycles. The molecule has 0 fully saturated rings. The largest absolute Gasteiger partial charge is 0.480 e. The van der Waals surface area contributed by atoms with Crippen molar-refractivity contribution in [3.05, 3.63) is 35.5 Å². The van der Waals surface area contributed by atoms with Gasteiger partial charge in [-0.1, -0.05) is 0 Å². The molecule has 1 heterocycles. The summed E-state index contributed by atoms with van der Waals surface area (Å²) < 4.78 is 40.1. The number of benzene rings is 1. The summed E-state index contributed by atoms with van der Waals surface area (Å²) in [5.41, 5.74) is -1.38. The molecule has 7 heteroatoms. The topological polar surface area (TPSA) is 66.0 Å². The van der Waals surface area contributed by atoms with Crippen molar-refractivity contribution >= 4 is 16.9 Å². The highest BCUT2D eigenvalue weighted by atomic mass is 19.4. The number of rotatable bonds is 2. The van der Waals surface area contributed by atoms with Gasteiger partial charge in [0.2, 0.25) is 0 Å². The van der Waals surface area contributed by atoms with Crippen molar-refractivity contribution in [1.82, 2.24) is 4.57 Å². The quantitative estimate of drug-likeness (QED) is 0.910. The van der Waals surface area contributed by atoms with Crippen LogP contribution in [0.5, 0.6) is 0 Å². The Balaban J connectivity index is 2.75. The van der Waals surface area contributed by atoms with E-state index in [1.165, 1.54) is 29.0 Å². The zero-order valence-corrected chi connectivity index (χ0v) is 9.40. The highest BCUT2D eigenvalue weighted by molar-refractivity contribution is 5.87. The first-order chi connectivity index (χ1) is 8.84. The number of hydrogen-bond donors (Lipinski definition) is 1. The first-order valence-corrected chi connectivity index (χ1v) is 5.15. The highest BCUT2D eigenvalue weighted by Gasteiger charge is 2.36. The molecule has 0 saturated heterocycles. The smallest absolute Gasteiger partial charge is 0.418 e. The van der Waals surface area contributed by atoms with Crippen LogP contribution in [0.3, 0.4) is 0 Å². The Kier molecular flexibility index (Phi) is 2.94. The van der Waals surface area contributed by atoms with Crippen LogP contribution in [0.1, 0.15) is 11.1 Å². The van der Waals surface area contributed by atoms with Crippen molar-refractivity contribution in [2.24, 2.45) is 0 Å². The summed E-state index contributed by atoms with van der Waals surface area (Å²) in [7, 11) is 0. The Bertz CT molecular complexity index is 695. The van der Waals surface area contributed by atoms with Crippen molar-refractivity contribution in [2.75, 3.05) is 0 Å². The second kappa shape index (κ2) is 4.31. The van der Waals surface area contributed by atoms with Gasteiger partial charge in [-0.25, -0.2) is 0 Å². The molecule has 0 amide bonds. The van der Waals surface area contributed by atoms with E-state index in [-0.39, 0.29) is 10.9 Å². The maximum atomic E-state index is 13.0. The van der Waals surface area contributed by atoms with Crippen molar-refractivity contribution in [2.45, 2.75) is 12.7 Å². The highest BCUT2D eigenvalue weighted by Crippen LogP contribution is 2.37. The fourth-order valence-corrected chi connectivity index (χ4v) is 1.95. The number of aliphatic carboxylic acids is 1. The van der Waals surface area contributed by atoms with Crippen LogP contribution in [-0.4, -0.2) is 15.6 Å². The molecule has 0 aliphatic heterocycles. The molecular formula is C12H7F3N2O2. The van der Waals surface area contributed by atoms with Crippen LogP contribution in [0, 0.1) is 11.3 Å². The minimum Gasteiger partial charge on any atom is -0.480 e. The second-order valence-corrected chi connectivity index (χ2v) is 3.87. The van der Waals surface area contributed by atoms with Gasteiger partial charge >= 0.3 is 12.1 Å². The number of fused-ring (bicyclic) bond motifs is 1. The van der Waals surface area contributed by atoms with E-state index < -0.39 is 29.8 Å². The summed E-state index contributed by atoms with van der Waals surface area (Å²) in [6.45, 7) is -0.438. The lowest BCUT2D eigenvalue weighted by molar-refractivity contribution is -0.138. The minimum absolute atomic E-state index is 0.133. The average molecular weight is 268 g/mol. The average Bonchev–Trinajstić information content (AvgIpc) is 2.69. The molecule has 0 radical (unpaired) electrons. The first kappa shape index (κ1) is 13.0. The summed E-state index contributed by atoms with van der Waals surface area (Å²) in [6.07, 6.45) is -3.41. The third kappa shape index (κ3) is 2.25. The maximum absolute atomic E-state index is 13.0. The van der Waals surface area contributed by atoms with E-state index >= 15 is 0 Å². The predicted octanol–water partition coefficient (Wildman–Crippen LogP) is 2.62. The van der Waals surface area contributed by atoms with Gasteiger partial charge in [-0.15, -0.1) is 0 Å². The van der Waals surface area contributed by atoms with Gasteiger partial charge < -0.3 is 9.67 Å². The Morgan fingerprint density at radius 2 is 2.05 bits per heavy atom. The summed E-state index contributed by atoms with van der Waals surface area (Å²) >= 11 is 0.